The van der Waals surface area contributed by atoms with Crippen molar-refractivity contribution in [1.29, 1.82) is 0 Å². The smallest absolute Gasteiger partial charge is 0.0601 e. The van der Waals surface area contributed by atoms with Crippen LogP contribution < -0.4 is 0 Å². The molecule has 0 saturated heterocycles. The van der Waals surface area contributed by atoms with Crippen LogP contribution >= 0.6 is 0 Å². The second kappa shape index (κ2) is 47.4. The molecule has 0 bridgehead atoms. The highest BCUT2D eigenvalue weighted by Crippen LogP contribution is 2.49. The Morgan fingerprint density at radius 1 is 0.260 bits per heavy atom. The third-order valence-electron chi connectivity index (χ3n) is 31.2. The summed E-state index contributed by atoms with van der Waals surface area (Å²) < 4.78 is 0. The van der Waals surface area contributed by atoms with Gasteiger partial charge < -0.3 is 40.9 Å². The first-order chi connectivity index (χ1) is 47.8. The van der Waals surface area contributed by atoms with Gasteiger partial charge in [0, 0.05) is 0 Å². The van der Waals surface area contributed by atoms with Crippen molar-refractivity contribution in [3.63, 3.8) is 0 Å². The van der Waals surface area contributed by atoms with Crippen molar-refractivity contribution in [2.45, 2.75) is 426 Å². The summed E-state index contributed by atoms with van der Waals surface area (Å²) in [6, 6.07) is 0. The summed E-state index contributed by atoms with van der Waals surface area (Å²) in [6.07, 6.45) is 24.1. The lowest BCUT2D eigenvalue weighted by Crippen LogP contribution is -2.43. The predicted molar refractivity (Wildman–Crippen MR) is 452 cm³/mol. The Morgan fingerprint density at radius 3 is 1.11 bits per heavy atom. The molecule has 0 aromatic carbocycles. The average Bonchev–Trinajstić information content (AvgIpc) is 0.803. The van der Waals surface area contributed by atoms with Gasteiger partial charge in [-0.2, -0.15) is 0 Å². The van der Waals surface area contributed by atoms with E-state index in [2.05, 4.69) is 242 Å². The zero-order valence-corrected chi connectivity index (χ0v) is 76.3. The highest BCUT2D eigenvalue weighted by atomic mass is 16.3. The highest BCUT2D eigenvalue weighted by Gasteiger charge is 2.45. The Bertz CT molecular complexity index is 2050. The van der Waals surface area contributed by atoms with Crippen molar-refractivity contribution in [2.75, 3.05) is 0 Å². The maximum absolute atomic E-state index is 10.1. The molecule has 33 atom stereocenters. The molecule has 8 heteroatoms. The third-order valence-corrected chi connectivity index (χ3v) is 31.2. The van der Waals surface area contributed by atoms with Crippen LogP contribution in [0.3, 0.4) is 0 Å². The second-order valence-corrected chi connectivity index (χ2v) is 42.9. The normalized spacial score (nSPS) is 42.7. The van der Waals surface area contributed by atoms with E-state index in [0.29, 0.717) is 107 Å². The number of hydrogen-bond donors (Lipinski definition) is 8. The lowest BCUT2D eigenvalue weighted by Gasteiger charge is -2.45. The minimum atomic E-state index is -0.0938. The van der Waals surface area contributed by atoms with Crippen LogP contribution in [0.25, 0.3) is 0 Å². The predicted octanol–water partition coefficient (Wildman–Crippen LogP) is 24.6. The summed E-state index contributed by atoms with van der Waals surface area (Å²) >= 11 is 0. The largest absolute Gasteiger partial charge is 0.393 e. The molecule has 0 aromatic heterocycles. The molecule has 8 fully saturated rings. The van der Waals surface area contributed by atoms with Crippen LogP contribution in [0.15, 0.2) is 0 Å². The molecule has 33 unspecified atom stereocenters. The number of aliphatic hydroxyl groups is 8. The van der Waals surface area contributed by atoms with Crippen LogP contribution in [0.4, 0.5) is 0 Å². The molecule has 0 spiro atoms. The highest BCUT2D eigenvalue weighted by molar-refractivity contribution is 4.94. The topological polar surface area (TPSA) is 162 Å². The SMILES string of the molecule is CC1CC(C)C(C(C)(C)C)C(O)C1.CC1CCC(C)C(C(C)(C)C)C1O.CC1CCC(O)C(C(C)(C)C)C1C.CCC(C)C1C(C)CC(O)CC1C.CCC(C)C1CC(C)C(C)C(O)C1.CCC(C)C1CC(C)C(O)C(C)C1.CCC(C)C1CC(C)C(O)CC1C.CCC(C)C1CCC(O)C(C)C1C. The molecule has 0 radical (unpaired) electrons. The van der Waals surface area contributed by atoms with Gasteiger partial charge in [0.2, 0.25) is 0 Å². The Labute approximate surface area is 651 Å². The van der Waals surface area contributed by atoms with E-state index in [1.807, 2.05) is 0 Å². The average molecular weight is 1470 g/mol. The molecule has 8 nitrogen and oxygen atoms in total. The van der Waals surface area contributed by atoms with Crippen molar-refractivity contribution >= 4 is 0 Å². The van der Waals surface area contributed by atoms with E-state index in [9.17, 15) is 40.9 Å². The van der Waals surface area contributed by atoms with E-state index >= 15 is 0 Å². The second-order valence-electron chi connectivity index (χ2n) is 42.9. The van der Waals surface area contributed by atoms with Crippen molar-refractivity contribution in [2.24, 2.45) is 188 Å². The van der Waals surface area contributed by atoms with E-state index < -0.39 is 0 Å². The molecule has 104 heavy (non-hydrogen) atoms. The summed E-state index contributed by atoms with van der Waals surface area (Å²) in [4.78, 5) is 0. The monoisotopic (exact) mass is 1470 g/mol. The Balaban J connectivity index is 0.000000594. The molecule has 0 aromatic rings. The maximum Gasteiger partial charge on any atom is 0.0601 e. The molecular formula is C96H192O8. The zero-order valence-electron chi connectivity index (χ0n) is 76.3. The van der Waals surface area contributed by atoms with Crippen molar-refractivity contribution in [1.82, 2.24) is 0 Å². The number of aliphatic hydroxyl groups excluding tert-OH is 8. The van der Waals surface area contributed by atoms with E-state index in [0.717, 1.165) is 110 Å². The standard InChI is InChI=1S/8C12H24O/c1-8-6-9(2)11(10(13)7-8)12(3,4)5;1-8-6-7-10(13)11(9(8)2)12(3,4)5;1-8-6-7-9(2)11(13)10(8)12(3,4)5;1-5-8(2)11-6-10(4)12(13)7-9(11)3;1-5-8(2)11-6-9(3)10(4)12(13)7-11;1-5-8(2)12-9(3)6-11(13)7-10(12)4;1-5-8(2)11-6-9(3)12(13)10(4)7-11;1-5-8(2)11-6-7-12(13)10(4)9(11)3/h3*8-11,13H,6-7H2,1-5H3;5*8-13H,5-7H2,1-4H3. The molecule has 0 amide bonds. The minimum Gasteiger partial charge on any atom is -0.393 e. The molecule has 8 N–H and O–H groups in total. The van der Waals surface area contributed by atoms with Gasteiger partial charge in [-0.3, -0.25) is 0 Å². The first-order valence-electron chi connectivity index (χ1n) is 45.2. The fourth-order valence-corrected chi connectivity index (χ4v) is 23.0. The Kier molecular flexibility index (Phi) is 46.3. The summed E-state index contributed by atoms with van der Waals surface area (Å²) in [7, 11) is 0. The summed E-state index contributed by atoms with van der Waals surface area (Å²) in [5, 5.41) is 78.9. The van der Waals surface area contributed by atoms with E-state index in [1.54, 1.807) is 0 Å². The maximum atomic E-state index is 10.1. The molecular weight excluding hydrogens is 1280 g/mol. The van der Waals surface area contributed by atoms with Gasteiger partial charge in [-0.15, -0.1) is 0 Å². The number of hydrogen-bond acceptors (Lipinski definition) is 8. The van der Waals surface area contributed by atoms with Crippen LogP contribution in [0.1, 0.15) is 377 Å². The van der Waals surface area contributed by atoms with Crippen molar-refractivity contribution in [3.05, 3.63) is 0 Å². The molecule has 8 aliphatic rings. The molecule has 624 valence electrons. The van der Waals surface area contributed by atoms with Gasteiger partial charge in [0.1, 0.15) is 0 Å². The van der Waals surface area contributed by atoms with Gasteiger partial charge in [0.25, 0.3) is 0 Å². The Hall–Kier alpha value is -0.320. The first-order valence-corrected chi connectivity index (χ1v) is 45.2. The van der Waals surface area contributed by atoms with Crippen LogP contribution in [0.5, 0.6) is 0 Å². The van der Waals surface area contributed by atoms with E-state index in [4.69, 9.17) is 0 Å². The fourth-order valence-electron chi connectivity index (χ4n) is 23.0. The molecule has 8 rings (SSSR count). The summed E-state index contributed by atoms with van der Waals surface area (Å²) in [6.45, 7) is 79.3. The van der Waals surface area contributed by atoms with Crippen molar-refractivity contribution in [3.8, 4) is 0 Å². The molecule has 0 heterocycles. The first kappa shape index (κ1) is 102. The lowest BCUT2D eigenvalue weighted by molar-refractivity contribution is -0.0536. The fraction of sp³-hybridized carbons (Fsp3) is 1.00. The lowest BCUT2D eigenvalue weighted by atomic mass is 9.62. The van der Waals surface area contributed by atoms with Crippen LogP contribution in [0, 0.1) is 188 Å². The third kappa shape index (κ3) is 32.3. The quantitative estimate of drug-likeness (QED) is 0.107. The van der Waals surface area contributed by atoms with Gasteiger partial charge in [-0.1, -0.05) is 274 Å². The van der Waals surface area contributed by atoms with Crippen LogP contribution in [0.2, 0.25) is 0 Å². The van der Waals surface area contributed by atoms with Gasteiger partial charge >= 0.3 is 0 Å². The summed E-state index contributed by atoms with van der Waals surface area (Å²) in [5.74, 6) is 19.6. The van der Waals surface area contributed by atoms with E-state index in [1.165, 1.54) is 89.9 Å². The number of rotatable bonds is 10. The van der Waals surface area contributed by atoms with Crippen LogP contribution in [-0.2, 0) is 0 Å². The molecule has 8 aliphatic carbocycles. The van der Waals surface area contributed by atoms with Crippen LogP contribution in [-0.4, -0.2) is 89.7 Å². The Morgan fingerprint density at radius 2 is 0.683 bits per heavy atom. The summed E-state index contributed by atoms with van der Waals surface area (Å²) in [5.41, 5.74) is 0.736. The zero-order chi connectivity index (χ0) is 80.7. The van der Waals surface area contributed by atoms with Crippen molar-refractivity contribution < 1.29 is 40.9 Å². The van der Waals surface area contributed by atoms with Gasteiger partial charge in [-0.05, 0) is 291 Å². The minimum absolute atomic E-state index is 0.0368. The van der Waals surface area contributed by atoms with Gasteiger partial charge in [0.15, 0.2) is 0 Å². The molecule has 8 saturated carbocycles. The molecule has 0 aliphatic heterocycles. The van der Waals surface area contributed by atoms with Gasteiger partial charge in [0.05, 0.1) is 48.8 Å². The van der Waals surface area contributed by atoms with E-state index in [-0.39, 0.29) is 65.1 Å². The van der Waals surface area contributed by atoms with Gasteiger partial charge in [-0.25, -0.2) is 0 Å².